The van der Waals surface area contributed by atoms with Gasteiger partial charge in [-0.05, 0) is 74.4 Å². The van der Waals surface area contributed by atoms with Gasteiger partial charge in [0.25, 0.3) is 16.8 Å². The van der Waals surface area contributed by atoms with Crippen LogP contribution in [0.3, 0.4) is 0 Å². The van der Waals surface area contributed by atoms with Crippen LogP contribution in [0.1, 0.15) is 49.7 Å². The van der Waals surface area contributed by atoms with Crippen LogP contribution in [-0.2, 0) is 0 Å². The Bertz CT molecular complexity index is 1760. The highest BCUT2D eigenvalue weighted by molar-refractivity contribution is 5.95. The second-order valence-corrected chi connectivity index (χ2v) is 10.6. The maximum absolute atomic E-state index is 13.0. The molecule has 0 fully saturated rings. The van der Waals surface area contributed by atoms with Gasteiger partial charge in [-0.25, -0.2) is 4.98 Å². The Kier molecular flexibility index (Phi) is 7.04. The Balaban J connectivity index is 1.24. The van der Waals surface area contributed by atoms with E-state index in [-0.39, 0.29) is 34.8 Å². The van der Waals surface area contributed by atoms with Crippen molar-refractivity contribution in [3.05, 3.63) is 111 Å². The highest BCUT2D eigenvalue weighted by atomic mass is 16.2. The van der Waals surface area contributed by atoms with Crippen molar-refractivity contribution in [2.75, 3.05) is 16.0 Å². The zero-order valence-corrected chi connectivity index (χ0v) is 22.7. The van der Waals surface area contributed by atoms with Crippen LogP contribution < -0.4 is 32.1 Å². The Morgan fingerprint density at radius 2 is 1.52 bits per heavy atom. The molecule has 202 valence electrons. The smallest absolute Gasteiger partial charge is 0.253 e. The summed E-state index contributed by atoms with van der Waals surface area (Å²) in [6, 6.07) is 22.6. The molecule has 5 rings (SSSR count). The van der Waals surface area contributed by atoms with Crippen LogP contribution in [-0.4, -0.2) is 21.4 Å². The first-order chi connectivity index (χ1) is 19.1. The highest BCUT2D eigenvalue weighted by Gasteiger charge is 2.25. The fourth-order valence-electron chi connectivity index (χ4n) is 4.44. The molecular formula is C31H30N6O3. The summed E-state index contributed by atoms with van der Waals surface area (Å²) in [5, 5.41) is 14.4. The summed E-state index contributed by atoms with van der Waals surface area (Å²) < 4.78 is 0. The number of hydrogen-bond donors (Lipinski definition) is 4. The summed E-state index contributed by atoms with van der Waals surface area (Å²) in [7, 11) is 0. The molecular weight excluding hydrogens is 504 g/mol. The molecule has 1 heterocycles. The van der Waals surface area contributed by atoms with Gasteiger partial charge in [0.1, 0.15) is 17.2 Å². The van der Waals surface area contributed by atoms with Gasteiger partial charge in [0, 0.05) is 23.0 Å². The third-order valence-corrected chi connectivity index (χ3v) is 6.36. The summed E-state index contributed by atoms with van der Waals surface area (Å²) in [6.45, 7) is 7.68. The molecule has 1 amide bonds. The molecule has 0 saturated heterocycles. The molecule has 0 aliphatic carbocycles. The van der Waals surface area contributed by atoms with Crippen molar-refractivity contribution in [2.45, 2.75) is 39.3 Å². The van der Waals surface area contributed by atoms with Crippen molar-refractivity contribution < 1.29 is 4.79 Å². The molecule has 0 aliphatic rings. The molecule has 0 aliphatic heterocycles. The number of fused-ring (bicyclic) bond motifs is 1. The maximum Gasteiger partial charge on any atom is 0.253 e. The van der Waals surface area contributed by atoms with Crippen LogP contribution in [0.5, 0.6) is 0 Å². The number of aromatic nitrogens is 2. The highest BCUT2D eigenvalue weighted by Crippen LogP contribution is 2.25. The fraction of sp³-hybridized carbons (Fsp3) is 0.194. The van der Waals surface area contributed by atoms with E-state index in [2.05, 4.69) is 49.4 Å². The number of rotatable bonds is 8. The molecule has 9 heteroatoms. The molecule has 4 aromatic carbocycles. The van der Waals surface area contributed by atoms with Gasteiger partial charge in [0.05, 0.1) is 6.04 Å². The molecule has 0 bridgehead atoms. The van der Waals surface area contributed by atoms with Crippen molar-refractivity contribution in [3.63, 3.8) is 0 Å². The number of nitrogens with one attached hydrogen (secondary N) is 4. The molecule has 0 unspecified atom stereocenters. The zero-order chi connectivity index (χ0) is 28.4. The number of carbonyl (C=O) groups is 1. The number of anilines is 5. The normalized spacial score (nSPS) is 12.2. The largest absolute Gasteiger partial charge is 0.375 e. The minimum atomic E-state index is -0.594. The second kappa shape index (κ2) is 10.6. The fourth-order valence-corrected chi connectivity index (χ4v) is 4.44. The lowest BCUT2D eigenvalue weighted by Crippen LogP contribution is -2.41. The predicted molar refractivity (Wildman–Crippen MR) is 160 cm³/mol. The van der Waals surface area contributed by atoms with Crippen molar-refractivity contribution in [1.29, 1.82) is 0 Å². The SMILES string of the molecule is C[C@H](NC(=O)c1ccc(Nc2nccc(Nc3c(NC(C)(C)C)c(=O)c3=O)n2)cc1)c1cccc2ccccc12. The molecule has 1 atom stereocenters. The summed E-state index contributed by atoms with van der Waals surface area (Å²) >= 11 is 0. The van der Waals surface area contributed by atoms with Gasteiger partial charge >= 0.3 is 0 Å². The first-order valence-corrected chi connectivity index (χ1v) is 13.0. The quantitative estimate of drug-likeness (QED) is 0.195. The van der Waals surface area contributed by atoms with Gasteiger partial charge in [0.2, 0.25) is 5.95 Å². The molecule has 0 radical (unpaired) electrons. The van der Waals surface area contributed by atoms with Gasteiger partial charge in [-0.2, -0.15) is 4.98 Å². The lowest BCUT2D eigenvalue weighted by atomic mass is 9.99. The Labute approximate surface area is 231 Å². The average molecular weight is 535 g/mol. The van der Waals surface area contributed by atoms with Crippen LogP contribution in [0.4, 0.5) is 28.8 Å². The second-order valence-electron chi connectivity index (χ2n) is 10.6. The van der Waals surface area contributed by atoms with Crippen LogP contribution in [0, 0.1) is 0 Å². The monoisotopic (exact) mass is 534 g/mol. The summed E-state index contributed by atoms with van der Waals surface area (Å²) in [4.78, 5) is 45.7. The topological polar surface area (TPSA) is 125 Å². The van der Waals surface area contributed by atoms with Gasteiger partial charge in [-0.1, -0.05) is 42.5 Å². The van der Waals surface area contributed by atoms with E-state index in [1.807, 2.05) is 52.0 Å². The van der Waals surface area contributed by atoms with E-state index < -0.39 is 10.9 Å². The molecule has 0 saturated carbocycles. The van der Waals surface area contributed by atoms with Crippen molar-refractivity contribution in [3.8, 4) is 0 Å². The van der Waals surface area contributed by atoms with E-state index in [9.17, 15) is 14.4 Å². The van der Waals surface area contributed by atoms with E-state index in [1.165, 1.54) is 6.20 Å². The average Bonchev–Trinajstić information content (AvgIpc) is 2.94. The number of carbonyl (C=O) groups excluding carboxylic acids is 1. The van der Waals surface area contributed by atoms with E-state index in [1.54, 1.807) is 30.3 Å². The van der Waals surface area contributed by atoms with E-state index in [0.29, 0.717) is 17.1 Å². The number of amides is 1. The third-order valence-electron chi connectivity index (χ3n) is 6.36. The summed E-state index contributed by atoms with van der Waals surface area (Å²) in [6.07, 6.45) is 1.54. The summed E-state index contributed by atoms with van der Waals surface area (Å²) in [5.41, 5.74) is 1.15. The molecule has 0 spiro atoms. The van der Waals surface area contributed by atoms with E-state index in [4.69, 9.17) is 0 Å². The van der Waals surface area contributed by atoms with Crippen molar-refractivity contribution in [1.82, 2.24) is 15.3 Å². The van der Waals surface area contributed by atoms with E-state index >= 15 is 0 Å². The number of nitrogens with zero attached hydrogens (tertiary/aromatic N) is 2. The third kappa shape index (κ3) is 5.68. The van der Waals surface area contributed by atoms with E-state index in [0.717, 1.165) is 16.3 Å². The molecule has 4 N–H and O–H groups in total. The van der Waals surface area contributed by atoms with Crippen LogP contribution >= 0.6 is 0 Å². The summed E-state index contributed by atoms with van der Waals surface area (Å²) in [5.74, 6) is 0.470. The predicted octanol–water partition coefficient (Wildman–Crippen LogP) is 5.41. The molecule has 9 nitrogen and oxygen atoms in total. The lowest BCUT2D eigenvalue weighted by Gasteiger charge is -2.24. The minimum absolute atomic E-state index is 0.174. The minimum Gasteiger partial charge on any atom is -0.375 e. The zero-order valence-electron chi connectivity index (χ0n) is 22.7. The molecule has 5 aromatic rings. The van der Waals surface area contributed by atoms with Gasteiger partial charge in [-0.3, -0.25) is 14.4 Å². The Morgan fingerprint density at radius 1 is 0.825 bits per heavy atom. The lowest BCUT2D eigenvalue weighted by molar-refractivity contribution is 0.0940. The van der Waals surface area contributed by atoms with Crippen molar-refractivity contribution in [2.24, 2.45) is 0 Å². The standard InChI is InChI=1S/C31H30N6O3/c1-18(22-11-7-9-19-8-5-6-10-23(19)22)33-29(40)20-12-14-21(15-13-20)34-30-32-17-16-24(36-30)35-25-26(28(39)27(25)38)37-31(2,3)4/h5-18,37H,1-4H3,(H,33,40)(H2,32,34,35,36)/t18-/m0/s1. The molecule has 40 heavy (non-hydrogen) atoms. The van der Waals surface area contributed by atoms with Gasteiger partial charge in [0.15, 0.2) is 0 Å². The number of benzene rings is 3. The number of hydrogen-bond acceptors (Lipinski definition) is 8. The van der Waals surface area contributed by atoms with Crippen LogP contribution in [0.2, 0.25) is 0 Å². The van der Waals surface area contributed by atoms with Crippen LogP contribution in [0.15, 0.2) is 88.6 Å². The van der Waals surface area contributed by atoms with Gasteiger partial charge < -0.3 is 21.3 Å². The maximum atomic E-state index is 13.0. The van der Waals surface area contributed by atoms with Crippen molar-refractivity contribution >= 4 is 45.5 Å². The Morgan fingerprint density at radius 3 is 2.27 bits per heavy atom. The van der Waals surface area contributed by atoms with Gasteiger partial charge in [-0.15, -0.1) is 0 Å². The Hall–Kier alpha value is -5.05. The van der Waals surface area contributed by atoms with Crippen LogP contribution in [0.25, 0.3) is 10.8 Å². The first-order valence-electron chi connectivity index (χ1n) is 13.0. The first kappa shape index (κ1) is 26.6. The molecule has 1 aromatic heterocycles.